The van der Waals surface area contributed by atoms with Crippen LogP contribution in [0.2, 0.25) is 0 Å². The summed E-state index contributed by atoms with van der Waals surface area (Å²) < 4.78 is 5.95. The fourth-order valence-corrected chi connectivity index (χ4v) is 2.47. The number of phenolic OH excluding ortho intramolecular Hbond substituents is 1. The van der Waals surface area contributed by atoms with Crippen molar-refractivity contribution >= 4 is 0 Å². The van der Waals surface area contributed by atoms with Gasteiger partial charge in [-0.15, -0.1) is 6.58 Å². The summed E-state index contributed by atoms with van der Waals surface area (Å²) in [6.07, 6.45) is 1.68. The Morgan fingerprint density at radius 1 is 1.00 bits per heavy atom. The highest BCUT2D eigenvalue weighted by molar-refractivity contribution is 5.47. The maximum absolute atomic E-state index is 9.95. The van der Waals surface area contributed by atoms with Crippen molar-refractivity contribution in [3.8, 4) is 11.5 Å². The van der Waals surface area contributed by atoms with Gasteiger partial charge < -0.3 is 9.84 Å². The van der Waals surface area contributed by atoms with Crippen molar-refractivity contribution in [3.63, 3.8) is 0 Å². The Kier molecular flexibility index (Phi) is 2.56. The van der Waals surface area contributed by atoms with E-state index in [1.54, 1.807) is 6.07 Å². The standard InChI is InChI=1S/C16H14O2/c1-2-11-12-7-4-6-10-15(12)18-16(11)13-8-3-5-9-14(13)17/h2-11,16-17H,1H2/t11-,16-/m0/s1. The number of aromatic hydroxyl groups is 1. The second kappa shape index (κ2) is 4.22. The van der Waals surface area contributed by atoms with E-state index < -0.39 is 0 Å². The molecule has 0 saturated heterocycles. The largest absolute Gasteiger partial charge is 0.508 e. The van der Waals surface area contributed by atoms with E-state index in [0.717, 1.165) is 16.9 Å². The number of hydrogen-bond donors (Lipinski definition) is 1. The summed E-state index contributed by atoms with van der Waals surface area (Å²) in [5.74, 6) is 1.22. The number of fused-ring (bicyclic) bond motifs is 1. The van der Waals surface area contributed by atoms with Crippen LogP contribution in [0, 0.1) is 0 Å². The van der Waals surface area contributed by atoms with Gasteiger partial charge in [0.1, 0.15) is 17.6 Å². The second-order valence-corrected chi connectivity index (χ2v) is 4.40. The molecule has 3 rings (SSSR count). The molecule has 0 radical (unpaired) electrons. The van der Waals surface area contributed by atoms with Crippen LogP contribution in [0.4, 0.5) is 0 Å². The lowest BCUT2D eigenvalue weighted by Crippen LogP contribution is -2.08. The van der Waals surface area contributed by atoms with Crippen LogP contribution in [0.5, 0.6) is 11.5 Å². The molecule has 2 nitrogen and oxygen atoms in total. The maximum Gasteiger partial charge on any atom is 0.138 e. The van der Waals surface area contributed by atoms with Crippen molar-refractivity contribution in [2.24, 2.45) is 0 Å². The number of ether oxygens (including phenoxy) is 1. The quantitative estimate of drug-likeness (QED) is 0.806. The summed E-state index contributed by atoms with van der Waals surface area (Å²) in [6.45, 7) is 3.89. The third kappa shape index (κ3) is 1.58. The zero-order valence-electron chi connectivity index (χ0n) is 9.91. The van der Waals surface area contributed by atoms with Crippen molar-refractivity contribution in [1.82, 2.24) is 0 Å². The van der Waals surface area contributed by atoms with E-state index in [2.05, 4.69) is 6.58 Å². The Labute approximate surface area is 106 Å². The number of rotatable bonds is 2. The third-order valence-electron chi connectivity index (χ3n) is 3.36. The molecule has 0 aromatic heterocycles. The summed E-state index contributed by atoms with van der Waals surface area (Å²) in [5.41, 5.74) is 1.93. The number of para-hydroxylation sites is 2. The van der Waals surface area contributed by atoms with Crippen LogP contribution >= 0.6 is 0 Å². The second-order valence-electron chi connectivity index (χ2n) is 4.40. The molecule has 2 heteroatoms. The lowest BCUT2D eigenvalue weighted by molar-refractivity contribution is 0.220. The first-order valence-corrected chi connectivity index (χ1v) is 5.97. The molecule has 1 aliphatic rings. The minimum atomic E-state index is -0.193. The molecular formula is C16H14O2. The third-order valence-corrected chi connectivity index (χ3v) is 3.36. The fourth-order valence-electron chi connectivity index (χ4n) is 2.47. The summed E-state index contributed by atoms with van der Waals surface area (Å²) in [4.78, 5) is 0. The minimum Gasteiger partial charge on any atom is -0.508 e. The molecule has 0 unspecified atom stereocenters. The van der Waals surface area contributed by atoms with Crippen LogP contribution < -0.4 is 4.74 Å². The molecule has 0 spiro atoms. The van der Waals surface area contributed by atoms with Crippen LogP contribution in [0.3, 0.4) is 0 Å². The summed E-state index contributed by atoms with van der Waals surface area (Å²) in [5, 5.41) is 9.95. The van der Waals surface area contributed by atoms with Gasteiger partial charge >= 0.3 is 0 Å². The topological polar surface area (TPSA) is 29.5 Å². The average Bonchev–Trinajstić information content (AvgIpc) is 2.77. The number of hydrogen-bond acceptors (Lipinski definition) is 2. The molecule has 0 fully saturated rings. The van der Waals surface area contributed by atoms with Gasteiger partial charge in [0.05, 0.1) is 0 Å². The summed E-state index contributed by atoms with van der Waals surface area (Å²) in [6, 6.07) is 15.2. The summed E-state index contributed by atoms with van der Waals surface area (Å²) >= 11 is 0. The first-order chi connectivity index (χ1) is 8.81. The molecule has 2 aromatic rings. The van der Waals surface area contributed by atoms with E-state index in [1.165, 1.54) is 0 Å². The number of benzene rings is 2. The Morgan fingerprint density at radius 3 is 2.39 bits per heavy atom. The highest BCUT2D eigenvalue weighted by atomic mass is 16.5. The number of phenols is 1. The van der Waals surface area contributed by atoms with Gasteiger partial charge in [0.25, 0.3) is 0 Å². The van der Waals surface area contributed by atoms with E-state index in [9.17, 15) is 5.11 Å². The molecule has 1 N–H and O–H groups in total. The predicted octanol–water partition coefficient (Wildman–Crippen LogP) is 3.80. The molecule has 0 amide bonds. The van der Waals surface area contributed by atoms with Gasteiger partial charge in [-0.1, -0.05) is 42.5 Å². The van der Waals surface area contributed by atoms with Gasteiger partial charge in [0.2, 0.25) is 0 Å². The van der Waals surface area contributed by atoms with Gasteiger partial charge in [-0.2, -0.15) is 0 Å². The predicted molar refractivity (Wildman–Crippen MR) is 70.9 cm³/mol. The Hall–Kier alpha value is -2.22. The molecule has 0 aliphatic carbocycles. The molecule has 0 saturated carbocycles. The van der Waals surface area contributed by atoms with Crippen LogP contribution in [0.15, 0.2) is 61.2 Å². The maximum atomic E-state index is 9.95. The summed E-state index contributed by atoms with van der Waals surface area (Å²) in [7, 11) is 0. The fraction of sp³-hybridized carbons (Fsp3) is 0.125. The van der Waals surface area contributed by atoms with E-state index in [0.29, 0.717) is 0 Å². The van der Waals surface area contributed by atoms with E-state index >= 15 is 0 Å². The molecule has 1 aliphatic heterocycles. The van der Waals surface area contributed by atoms with Crippen LogP contribution in [-0.4, -0.2) is 5.11 Å². The molecule has 2 atom stereocenters. The van der Waals surface area contributed by atoms with Crippen LogP contribution in [-0.2, 0) is 0 Å². The lowest BCUT2D eigenvalue weighted by Gasteiger charge is -2.17. The molecule has 0 bridgehead atoms. The van der Waals surface area contributed by atoms with Crippen molar-refractivity contribution in [1.29, 1.82) is 0 Å². The zero-order valence-corrected chi connectivity index (χ0v) is 9.91. The van der Waals surface area contributed by atoms with Gasteiger partial charge in [-0.3, -0.25) is 0 Å². The normalized spacial score (nSPS) is 21.1. The van der Waals surface area contributed by atoms with Gasteiger partial charge in [0.15, 0.2) is 0 Å². The van der Waals surface area contributed by atoms with E-state index in [4.69, 9.17) is 4.74 Å². The molecule has 1 heterocycles. The Balaban J connectivity index is 2.07. The molecular weight excluding hydrogens is 224 g/mol. The minimum absolute atomic E-state index is 0.0782. The van der Waals surface area contributed by atoms with Gasteiger partial charge in [0, 0.05) is 17.0 Å². The monoisotopic (exact) mass is 238 g/mol. The molecule has 90 valence electrons. The van der Waals surface area contributed by atoms with Gasteiger partial charge in [-0.05, 0) is 12.1 Å². The first kappa shape index (κ1) is 10.9. The van der Waals surface area contributed by atoms with Crippen molar-refractivity contribution in [2.75, 3.05) is 0 Å². The van der Waals surface area contributed by atoms with Crippen LogP contribution in [0.25, 0.3) is 0 Å². The zero-order chi connectivity index (χ0) is 12.5. The van der Waals surface area contributed by atoms with E-state index in [1.807, 2.05) is 48.5 Å². The highest BCUT2D eigenvalue weighted by Gasteiger charge is 2.34. The Bertz CT molecular complexity index is 589. The lowest BCUT2D eigenvalue weighted by atomic mass is 9.91. The van der Waals surface area contributed by atoms with Crippen molar-refractivity contribution < 1.29 is 9.84 Å². The van der Waals surface area contributed by atoms with Crippen molar-refractivity contribution in [3.05, 3.63) is 72.3 Å². The van der Waals surface area contributed by atoms with Crippen molar-refractivity contribution in [2.45, 2.75) is 12.0 Å². The smallest absolute Gasteiger partial charge is 0.138 e. The van der Waals surface area contributed by atoms with Crippen LogP contribution in [0.1, 0.15) is 23.1 Å². The molecule has 2 aromatic carbocycles. The van der Waals surface area contributed by atoms with E-state index in [-0.39, 0.29) is 17.8 Å². The first-order valence-electron chi connectivity index (χ1n) is 5.97. The Morgan fingerprint density at radius 2 is 1.67 bits per heavy atom. The highest BCUT2D eigenvalue weighted by Crippen LogP contribution is 2.48. The van der Waals surface area contributed by atoms with Gasteiger partial charge in [-0.25, -0.2) is 0 Å². The SMILES string of the molecule is C=C[C@H]1c2ccccc2O[C@@H]1c1ccccc1O. The molecule has 18 heavy (non-hydrogen) atoms. The average molecular weight is 238 g/mol.